The smallest absolute Gasteiger partial charge is 0.149 e. The highest BCUT2D eigenvalue weighted by atomic mass is 35.5. The SMILES string of the molecule is CC(=O)[C@@H](CO)NCc1cc(Cl)c(OCc2cccc(-c3cccc(OCCCN4CC[C@@H](O)C4)c3Cl)c2C)cc1OCc1cncc(C#N)c1. The average molecular weight is 734 g/mol. The average Bonchev–Trinajstić information content (AvgIpc) is 3.55. The summed E-state index contributed by atoms with van der Waals surface area (Å²) in [5.41, 5.74) is 5.49. The maximum atomic E-state index is 11.9. The molecule has 10 nitrogen and oxygen atoms in total. The molecule has 2 heterocycles. The standard InChI is InChI=1S/C39H42Cl2N4O6/c1-25-29(6-3-7-32(25)33-8-4-9-36(39(33)41)49-13-5-11-45-12-10-31(48)21-45)24-51-38-16-37(50-23-28-14-27(17-42)18-43-19-28)30(15-34(38)40)20-44-35(22-46)26(2)47/h3-4,6-9,14-16,18-19,31,35,44,46,48H,5,10-13,20-24H2,1-2H3/t31-,35-/m1/s1. The molecule has 1 saturated heterocycles. The Hall–Kier alpha value is -4.21. The Morgan fingerprint density at radius 3 is 2.57 bits per heavy atom. The number of β-amino-alcohol motifs (C(OH)–C–C–N with tert-alkyl or cyclic N) is 1. The maximum absolute atomic E-state index is 11.9. The third kappa shape index (κ3) is 10.2. The number of rotatable bonds is 17. The number of Topliss-reactive ketones (excluding diaryl/α,β-unsaturated/α-hetero) is 1. The summed E-state index contributed by atoms with van der Waals surface area (Å²) in [7, 11) is 0. The lowest BCUT2D eigenvalue weighted by Gasteiger charge is -2.19. The number of carbonyl (C=O) groups excluding carboxylic acids is 1. The Morgan fingerprint density at radius 2 is 1.82 bits per heavy atom. The monoisotopic (exact) mass is 732 g/mol. The first-order valence-corrected chi connectivity index (χ1v) is 17.6. The molecule has 0 radical (unpaired) electrons. The van der Waals surface area contributed by atoms with E-state index in [4.69, 9.17) is 37.4 Å². The first-order chi connectivity index (χ1) is 24.7. The summed E-state index contributed by atoms with van der Waals surface area (Å²) in [4.78, 5) is 18.3. The minimum Gasteiger partial charge on any atom is -0.492 e. The second-order valence-electron chi connectivity index (χ2n) is 12.5. The van der Waals surface area contributed by atoms with Gasteiger partial charge in [0.25, 0.3) is 0 Å². The Balaban J connectivity index is 1.31. The number of likely N-dealkylation sites (tertiary alicyclic amines) is 1. The molecule has 5 rings (SSSR count). The van der Waals surface area contributed by atoms with E-state index in [0.29, 0.717) is 57.1 Å². The van der Waals surface area contributed by atoms with Crippen LogP contribution in [0.4, 0.5) is 0 Å². The molecule has 0 unspecified atom stereocenters. The zero-order valence-corrected chi connectivity index (χ0v) is 30.2. The number of ketones is 1. The molecule has 4 aromatic rings. The van der Waals surface area contributed by atoms with Gasteiger partial charge in [0.2, 0.25) is 0 Å². The summed E-state index contributed by atoms with van der Waals surface area (Å²) < 4.78 is 18.5. The van der Waals surface area contributed by atoms with Gasteiger partial charge >= 0.3 is 0 Å². The van der Waals surface area contributed by atoms with Crippen LogP contribution in [-0.2, 0) is 24.6 Å². The number of aliphatic hydroxyl groups excluding tert-OH is 2. The van der Waals surface area contributed by atoms with Gasteiger partial charge in [-0.25, -0.2) is 0 Å². The third-order valence-corrected chi connectivity index (χ3v) is 9.54. The summed E-state index contributed by atoms with van der Waals surface area (Å²) in [6.45, 7) is 6.62. The van der Waals surface area contributed by atoms with E-state index in [2.05, 4.69) is 21.3 Å². The predicted octanol–water partition coefficient (Wildman–Crippen LogP) is 6.27. The van der Waals surface area contributed by atoms with Crippen molar-refractivity contribution in [3.05, 3.63) is 105 Å². The number of aliphatic hydroxyl groups is 2. The fourth-order valence-electron chi connectivity index (χ4n) is 5.92. The fourth-order valence-corrected chi connectivity index (χ4v) is 6.44. The molecule has 1 aliphatic heterocycles. The Bertz CT molecular complexity index is 1870. The molecule has 0 saturated carbocycles. The van der Waals surface area contributed by atoms with Crippen LogP contribution >= 0.6 is 23.2 Å². The van der Waals surface area contributed by atoms with Crippen LogP contribution < -0.4 is 19.5 Å². The number of halogens is 2. The highest BCUT2D eigenvalue weighted by Gasteiger charge is 2.20. The summed E-state index contributed by atoms with van der Waals surface area (Å²) >= 11 is 13.6. The predicted molar refractivity (Wildman–Crippen MR) is 196 cm³/mol. The van der Waals surface area contributed by atoms with E-state index in [9.17, 15) is 20.3 Å². The first kappa shape index (κ1) is 38.0. The molecule has 0 aliphatic carbocycles. The van der Waals surface area contributed by atoms with Crippen LogP contribution in [0.3, 0.4) is 0 Å². The van der Waals surface area contributed by atoms with Crippen LogP contribution in [0.5, 0.6) is 17.2 Å². The molecule has 1 fully saturated rings. The van der Waals surface area contributed by atoms with Crippen LogP contribution in [0.15, 0.2) is 67.0 Å². The summed E-state index contributed by atoms with van der Waals surface area (Å²) in [5.74, 6) is 1.27. The molecule has 12 heteroatoms. The summed E-state index contributed by atoms with van der Waals surface area (Å²) in [5, 5.41) is 32.6. The van der Waals surface area contributed by atoms with Gasteiger partial charge in [0.1, 0.15) is 42.3 Å². The van der Waals surface area contributed by atoms with Crippen LogP contribution in [0.25, 0.3) is 11.1 Å². The van der Waals surface area contributed by atoms with Crippen molar-refractivity contribution in [2.24, 2.45) is 0 Å². The molecule has 2 atom stereocenters. The zero-order chi connectivity index (χ0) is 36.3. The highest BCUT2D eigenvalue weighted by molar-refractivity contribution is 6.35. The van der Waals surface area contributed by atoms with Gasteiger partial charge in [-0.3, -0.25) is 9.78 Å². The molecule has 268 valence electrons. The van der Waals surface area contributed by atoms with Crippen molar-refractivity contribution < 1.29 is 29.2 Å². The highest BCUT2D eigenvalue weighted by Crippen LogP contribution is 2.38. The van der Waals surface area contributed by atoms with Crippen molar-refractivity contribution >= 4 is 29.0 Å². The number of benzene rings is 3. The number of carbonyl (C=O) groups is 1. The van der Waals surface area contributed by atoms with Crippen LogP contribution in [0.2, 0.25) is 10.0 Å². The van der Waals surface area contributed by atoms with E-state index in [0.717, 1.165) is 48.2 Å². The number of nitrogens with one attached hydrogen (secondary N) is 1. The number of nitrogens with zero attached hydrogens (tertiary/aromatic N) is 3. The molecule has 0 spiro atoms. The van der Waals surface area contributed by atoms with Crippen molar-refractivity contribution in [3.63, 3.8) is 0 Å². The molecule has 1 aliphatic rings. The summed E-state index contributed by atoms with van der Waals surface area (Å²) in [6, 6.07) is 18.2. The number of nitriles is 1. The topological polar surface area (TPSA) is 137 Å². The van der Waals surface area contributed by atoms with Gasteiger partial charge in [-0.2, -0.15) is 5.26 Å². The minimum absolute atomic E-state index is 0.125. The molecule has 51 heavy (non-hydrogen) atoms. The minimum atomic E-state index is -0.740. The van der Waals surface area contributed by atoms with E-state index in [1.165, 1.54) is 13.1 Å². The number of hydrogen-bond donors (Lipinski definition) is 3. The van der Waals surface area contributed by atoms with E-state index >= 15 is 0 Å². The summed E-state index contributed by atoms with van der Waals surface area (Å²) in [6.07, 6.45) is 4.51. The quantitative estimate of drug-likeness (QED) is 0.107. The largest absolute Gasteiger partial charge is 0.492 e. The molecule has 1 aromatic heterocycles. The van der Waals surface area contributed by atoms with Gasteiger partial charge in [0.05, 0.1) is 41.0 Å². The first-order valence-electron chi connectivity index (χ1n) is 16.8. The van der Waals surface area contributed by atoms with Crippen molar-refractivity contribution in [2.45, 2.75) is 58.6 Å². The lowest BCUT2D eigenvalue weighted by Crippen LogP contribution is -2.38. The van der Waals surface area contributed by atoms with Crippen molar-refractivity contribution in [1.82, 2.24) is 15.2 Å². The molecule has 0 bridgehead atoms. The molecule has 0 amide bonds. The normalized spacial score (nSPS) is 15.0. The molecule has 3 aromatic carbocycles. The second kappa shape index (κ2) is 18.3. The number of hydrogen-bond acceptors (Lipinski definition) is 10. The zero-order valence-electron chi connectivity index (χ0n) is 28.7. The molecular weight excluding hydrogens is 691 g/mol. The maximum Gasteiger partial charge on any atom is 0.149 e. The molecule has 3 N–H and O–H groups in total. The van der Waals surface area contributed by atoms with Crippen molar-refractivity contribution in [2.75, 3.05) is 32.8 Å². The fraction of sp³-hybridized carbons (Fsp3) is 0.359. The number of aromatic nitrogens is 1. The van der Waals surface area contributed by atoms with Crippen LogP contribution in [-0.4, -0.2) is 70.9 Å². The van der Waals surface area contributed by atoms with Crippen LogP contribution in [0.1, 0.15) is 47.6 Å². The van der Waals surface area contributed by atoms with E-state index in [1.807, 2.05) is 43.3 Å². The van der Waals surface area contributed by atoms with E-state index in [-0.39, 0.29) is 38.3 Å². The van der Waals surface area contributed by atoms with Gasteiger partial charge in [-0.15, -0.1) is 0 Å². The Labute approximate surface area is 308 Å². The Kier molecular flexibility index (Phi) is 13.7. The molecular formula is C39H42Cl2N4O6. The van der Waals surface area contributed by atoms with Crippen molar-refractivity contribution in [1.29, 1.82) is 5.26 Å². The van der Waals surface area contributed by atoms with Crippen molar-refractivity contribution in [3.8, 4) is 34.4 Å². The van der Waals surface area contributed by atoms with Gasteiger partial charge in [-0.05, 0) is 61.6 Å². The number of pyridine rings is 1. The van der Waals surface area contributed by atoms with Crippen LogP contribution in [0, 0.1) is 18.3 Å². The van der Waals surface area contributed by atoms with Gasteiger partial charge in [0.15, 0.2) is 0 Å². The van der Waals surface area contributed by atoms with Gasteiger partial charge < -0.3 is 34.6 Å². The van der Waals surface area contributed by atoms with E-state index < -0.39 is 6.04 Å². The van der Waals surface area contributed by atoms with Gasteiger partial charge in [0, 0.05) is 61.3 Å². The second-order valence-corrected chi connectivity index (χ2v) is 13.3. The Morgan fingerprint density at radius 1 is 1.04 bits per heavy atom. The van der Waals surface area contributed by atoms with E-state index in [1.54, 1.807) is 24.4 Å². The lowest BCUT2D eigenvalue weighted by molar-refractivity contribution is -0.119. The third-order valence-electron chi connectivity index (χ3n) is 8.85. The van der Waals surface area contributed by atoms with Gasteiger partial charge in [-0.1, -0.05) is 53.5 Å². The number of ether oxygens (including phenoxy) is 3. The lowest BCUT2D eigenvalue weighted by atomic mass is 9.96.